The number of aryl methyl sites for hydroxylation is 1. The molecule has 1 unspecified atom stereocenters. The van der Waals surface area contributed by atoms with Gasteiger partial charge in [-0.1, -0.05) is 6.07 Å². The molecular weight excluding hydrogens is 204 g/mol. The first-order valence-corrected chi connectivity index (χ1v) is 5.58. The molecule has 0 aromatic carbocycles. The normalized spacial score (nSPS) is 12.5. The van der Waals surface area contributed by atoms with Crippen molar-refractivity contribution in [2.75, 3.05) is 13.2 Å². The lowest BCUT2D eigenvalue weighted by molar-refractivity contribution is 0.0627. The molecule has 0 fully saturated rings. The molecule has 2 N–H and O–H groups in total. The SMILES string of the molecule is CCOCC(C)Oc1nc(C)ccc1CN. The zero-order valence-electron chi connectivity index (χ0n) is 10.2. The number of hydrogen-bond donors (Lipinski definition) is 1. The fourth-order valence-electron chi connectivity index (χ4n) is 1.33. The van der Waals surface area contributed by atoms with Crippen molar-refractivity contribution in [3.05, 3.63) is 23.4 Å². The second-order valence-electron chi connectivity index (χ2n) is 3.71. The molecule has 90 valence electrons. The summed E-state index contributed by atoms with van der Waals surface area (Å²) in [6.45, 7) is 7.54. The molecule has 0 spiro atoms. The van der Waals surface area contributed by atoms with Gasteiger partial charge in [0.25, 0.3) is 0 Å². The minimum atomic E-state index is -0.0143. The highest BCUT2D eigenvalue weighted by molar-refractivity contribution is 5.27. The van der Waals surface area contributed by atoms with Crippen LogP contribution in [0, 0.1) is 6.92 Å². The van der Waals surface area contributed by atoms with E-state index in [9.17, 15) is 0 Å². The molecule has 4 nitrogen and oxygen atoms in total. The van der Waals surface area contributed by atoms with E-state index in [-0.39, 0.29) is 6.10 Å². The van der Waals surface area contributed by atoms with Gasteiger partial charge in [-0.25, -0.2) is 4.98 Å². The van der Waals surface area contributed by atoms with Crippen LogP contribution in [0.25, 0.3) is 0 Å². The van der Waals surface area contributed by atoms with Crippen molar-refractivity contribution in [3.63, 3.8) is 0 Å². The minimum absolute atomic E-state index is 0.0143. The summed E-state index contributed by atoms with van der Waals surface area (Å²) < 4.78 is 11.0. The van der Waals surface area contributed by atoms with E-state index in [1.165, 1.54) is 0 Å². The zero-order chi connectivity index (χ0) is 12.0. The van der Waals surface area contributed by atoms with Gasteiger partial charge in [-0.3, -0.25) is 0 Å². The first kappa shape index (κ1) is 12.9. The number of nitrogens with zero attached hydrogens (tertiary/aromatic N) is 1. The Bertz CT molecular complexity index is 329. The topological polar surface area (TPSA) is 57.4 Å². The van der Waals surface area contributed by atoms with Gasteiger partial charge in [-0.05, 0) is 26.8 Å². The molecule has 0 bridgehead atoms. The molecule has 0 saturated carbocycles. The van der Waals surface area contributed by atoms with Crippen LogP contribution in [0.4, 0.5) is 0 Å². The van der Waals surface area contributed by atoms with Crippen LogP contribution in [0.5, 0.6) is 5.88 Å². The predicted molar refractivity (Wildman–Crippen MR) is 63.4 cm³/mol. The third kappa shape index (κ3) is 3.79. The van der Waals surface area contributed by atoms with Crippen LogP contribution in [-0.4, -0.2) is 24.3 Å². The summed E-state index contributed by atoms with van der Waals surface area (Å²) in [6, 6.07) is 3.88. The Kier molecular flexibility index (Phi) is 5.22. The standard InChI is InChI=1S/C12H20N2O2/c1-4-15-8-10(3)16-12-11(7-13)6-5-9(2)14-12/h5-6,10H,4,7-8,13H2,1-3H3. The Hall–Kier alpha value is -1.13. The molecule has 1 aromatic rings. The maximum Gasteiger partial charge on any atom is 0.218 e. The summed E-state index contributed by atoms with van der Waals surface area (Å²) in [5, 5.41) is 0. The smallest absolute Gasteiger partial charge is 0.218 e. The van der Waals surface area contributed by atoms with E-state index in [2.05, 4.69) is 4.98 Å². The summed E-state index contributed by atoms with van der Waals surface area (Å²) in [4.78, 5) is 4.33. The summed E-state index contributed by atoms with van der Waals surface area (Å²) in [5.41, 5.74) is 7.48. The molecule has 0 amide bonds. The summed E-state index contributed by atoms with van der Waals surface area (Å²) in [6.07, 6.45) is -0.0143. The lowest BCUT2D eigenvalue weighted by Crippen LogP contribution is -2.21. The molecular formula is C12H20N2O2. The molecule has 1 atom stereocenters. The predicted octanol–water partition coefficient (Wildman–Crippen LogP) is 1.65. The first-order valence-electron chi connectivity index (χ1n) is 5.58. The fourth-order valence-corrected chi connectivity index (χ4v) is 1.33. The molecule has 16 heavy (non-hydrogen) atoms. The lowest BCUT2D eigenvalue weighted by Gasteiger charge is -2.16. The second kappa shape index (κ2) is 6.45. The van der Waals surface area contributed by atoms with Crippen molar-refractivity contribution in [2.45, 2.75) is 33.4 Å². The van der Waals surface area contributed by atoms with Crippen LogP contribution in [-0.2, 0) is 11.3 Å². The summed E-state index contributed by atoms with van der Waals surface area (Å²) in [7, 11) is 0. The van der Waals surface area contributed by atoms with E-state index in [0.717, 1.165) is 11.3 Å². The highest BCUT2D eigenvalue weighted by Crippen LogP contribution is 2.16. The van der Waals surface area contributed by atoms with Crippen molar-refractivity contribution in [1.29, 1.82) is 0 Å². The maximum atomic E-state index is 5.70. The van der Waals surface area contributed by atoms with E-state index in [0.29, 0.717) is 25.6 Å². The Morgan fingerprint density at radius 3 is 2.81 bits per heavy atom. The van der Waals surface area contributed by atoms with Gasteiger partial charge < -0.3 is 15.2 Å². The maximum absolute atomic E-state index is 5.70. The van der Waals surface area contributed by atoms with Crippen LogP contribution in [0.2, 0.25) is 0 Å². The van der Waals surface area contributed by atoms with E-state index in [1.807, 2.05) is 32.9 Å². The van der Waals surface area contributed by atoms with Gasteiger partial charge in [-0.15, -0.1) is 0 Å². The highest BCUT2D eigenvalue weighted by Gasteiger charge is 2.09. The van der Waals surface area contributed by atoms with E-state index >= 15 is 0 Å². The second-order valence-corrected chi connectivity index (χ2v) is 3.71. The number of ether oxygens (including phenoxy) is 2. The fraction of sp³-hybridized carbons (Fsp3) is 0.583. The average molecular weight is 224 g/mol. The highest BCUT2D eigenvalue weighted by atomic mass is 16.5. The molecule has 0 aliphatic carbocycles. The van der Waals surface area contributed by atoms with Crippen molar-refractivity contribution < 1.29 is 9.47 Å². The monoisotopic (exact) mass is 224 g/mol. The molecule has 1 aromatic heterocycles. The number of nitrogens with two attached hydrogens (primary N) is 1. The molecule has 1 rings (SSSR count). The molecule has 0 saturated heterocycles. The molecule has 4 heteroatoms. The minimum Gasteiger partial charge on any atom is -0.472 e. The van der Waals surface area contributed by atoms with Gasteiger partial charge in [0.15, 0.2) is 0 Å². The van der Waals surface area contributed by atoms with Crippen LogP contribution in [0.1, 0.15) is 25.1 Å². The molecule has 0 aliphatic heterocycles. The number of hydrogen-bond acceptors (Lipinski definition) is 4. The summed E-state index contributed by atoms with van der Waals surface area (Å²) >= 11 is 0. The molecule has 0 aliphatic rings. The van der Waals surface area contributed by atoms with Crippen LogP contribution >= 0.6 is 0 Å². The van der Waals surface area contributed by atoms with Crippen LogP contribution in [0.15, 0.2) is 12.1 Å². The summed E-state index contributed by atoms with van der Waals surface area (Å²) in [5.74, 6) is 0.620. The van der Waals surface area contributed by atoms with Gasteiger partial charge in [-0.2, -0.15) is 0 Å². The van der Waals surface area contributed by atoms with Crippen molar-refractivity contribution in [3.8, 4) is 5.88 Å². The largest absolute Gasteiger partial charge is 0.472 e. The van der Waals surface area contributed by atoms with Gasteiger partial charge in [0.05, 0.1) is 6.61 Å². The Morgan fingerprint density at radius 2 is 2.19 bits per heavy atom. The van der Waals surface area contributed by atoms with Crippen molar-refractivity contribution in [1.82, 2.24) is 4.98 Å². The van der Waals surface area contributed by atoms with E-state index < -0.39 is 0 Å². The average Bonchev–Trinajstić information content (AvgIpc) is 2.27. The van der Waals surface area contributed by atoms with Crippen LogP contribution < -0.4 is 10.5 Å². The van der Waals surface area contributed by atoms with E-state index in [1.54, 1.807) is 0 Å². The Labute approximate surface area is 96.8 Å². The van der Waals surface area contributed by atoms with Crippen LogP contribution in [0.3, 0.4) is 0 Å². The van der Waals surface area contributed by atoms with Gasteiger partial charge in [0.2, 0.25) is 5.88 Å². The third-order valence-corrected chi connectivity index (χ3v) is 2.17. The van der Waals surface area contributed by atoms with Gasteiger partial charge >= 0.3 is 0 Å². The molecule has 1 heterocycles. The van der Waals surface area contributed by atoms with Gasteiger partial charge in [0, 0.05) is 24.4 Å². The quantitative estimate of drug-likeness (QED) is 0.798. The number of rotatable bonds is 6. The van der Waals surface area contributed by atoms with Crippen molar-refractivity contribution >= 4 is 0 Å². The number of pyridine rings is 1. The Balaban J connectivity index is 2.67. The first-order chi connectivity index (χ1) is 7.67. The van der Waals surface area contributed by atoms with Gasteiger partial charge in [0.1, 0.15) is 6.10 Å². The zero-order valence-corrected chi connectivity index (χ0v) is 10.2. The third-order valence-electron chi connectivity index (χ3n) is 2.17. The number of aromatic nitrogens is 1. The van der Waals surface area contributed by atoms with Crippen molar-refractivity contribution in [2.24, 2.45) is 5.73 Å². The Morgan fingerprint density at radius 1 is 1.44 bits per heavy atom. The lowest BCUT2D eigenvalue weighted by atomic mass is 10.2. The molecule has 0 radical (unpaired) electrons. The van der Waals surface area contributed by atoms with E-state index in [4.69, 9.17) is 15.2 Å².